The molecule has 0 aliphatic heterocycles. The second-order valence-corrected chi connectivity index (χ2v) is 7.60. The molecule has 0 radical (unpaired) electrons. The molecular formula is C13H16Cl2N2O3S. The van der Waals surface area contributed by atoms with E-state index in [1.165, 1.54) is 12.5 Å². The highest BCUT2D eigenvalue weighted by Crippen LogP contribution is 2.31. The molecule has 1 unspecified atom stereocenters. The van der Waals surface area contributed by atoms with Crippen molar-refractivity contribution in [3.63, 3.8) is 0 Å². The minimum absolute atomic E-state index is 0.0101. The molecule has 21 heavy (non-hydrogen) atoms. The maximum absolute atomic E-state index is 12.2. The van der Waals surface area contributed by atoms with Gasteiger partial charge in [-0.15, -0.1) is 0 Å². The Morgan fingerprint density at radius 2 is 1.95 bits per heavy atom. The summed E-state index contributed by atoms with van der Waals surface area (Å²) < 4.78 is 22.9. The maximum Gasteiger partial charge on any atom is 0.253 e. The van der Waals surface area contributed by atoms with Crippen LogP contribution in [0.4, 0.5) is 0 Å². The number of carbonyl (C=O) groups excluding carboxylic acids is 1. The van der Waals surface area contributed by atoms with Crippen molar-refractivity contribution in [2.75, 3.05) is 0 Å². The van der Waals surface area contributed by atoms with Crippen LogP contribution in [0.1, 0.15) is 36.5 Å². The number of rotatable bonds is 4. The van der Waals surface area contributed by atoms with E-state index in [0.29, 0.717) is 5.92 Å². The fourth-order valence-electron chi connectivity index (χ4n) is 2.26. The summed E-state index contributed by atoms with van der Waals surface area (Å²) in [4.78, 5) is 11.9. The summed E-state index contributed by atoms with van der Waals surface area (Å²) in [7, 11) is -4.02. The van der Waals surface area contributed by atoms with Crippen LogP contribution in [-0.2, 0) is 10.0 Å². The molecule has 1 aliphatic carbocycles. The van der Waals surface area contributed by atoms with E-state index in [1.54, 1.807) is 0 Å². The van der Waals surface area contributed by atoms with Gasteiger partial charge in [-0.05, 0) is 37.8 Å². The molecular weight excluding hydrogens is 335 g/mol. The zero-order valence-corrected chi connectivity index (χ0v) is 13.7. The molecule has 0 heterocycles. The summed E-state index contributed by atoms with van der Waals surface area (Å²) in [5.41, 5.74) is 0.0521. The van der Waals surface area contributed by atoms with Crippen molar-refractivity contribution < 1.29 is 13.2 Å². The molecule has 5 nitrogen and oxygen atoms in total. The predicted molar refractivity (Wildman–Crippen MR) is 82.1 cm³/mol. The van der Waals surface area contributed by atoms with E-state index in [-0.39, 0.29) is 26.5 Å². The largest absolute Gasteiger partial charge is 0.349 e. The van der Waals surface area contributed by atoms with Gasteiger partial charge >= 0.3 is 0 Å². The number of nitrogens with two attached hydrogens (primary N) is 1. The molecule has 2 rings (SSSR count). The SMILES string of the molecule is CC(NC(=O)c1cc(S(N)(=O)=O)c(Cl)cc1Cl)C1CCC1. The van der Waals surface area contributed by atoms with Crippen LogP contribution in [0.25, 0.3) is 0 Å². The summed E-state index contributed by atoms with van der Waals surface area (Å²) in [5.74, 6) is 0.0266. The molecule has 8 heteroatoms. The number of hydrogen-bond donors (Lipinski definition) is 2. The fourth-order valence-corrected chi connectivity index (χ4v) is 3.67. The van der Waals surface area contributed by atoms with Crippen molar-refractivity contribution in [3.8, 4) is 0 Å². The first-order valence-electron chi connectivity index (χ1n) is 6.53. The highest BCUT2D eigenvalue weighted by atomic mass is 35.5. The van der Waals surface area contributed by atoms with Gasteiger partial charge in [0, 0.05) is 6.04 Å². The van der Waals surface area contributed by atoms with E-state index >= 15 is 0 Å². The van der Waals surface area contributed by atoms with Crippen LogP contribution in [0.5, 0.6) is 0 Å². The Morgan fingerprint density at radius 3 is 2.43 bits per heavy atom. The van der Waals surface area contributed by atoms with Gasteiger partial charge < -0.3 is 5.32 Å². The van der Waals surface area contributed by atoms with Gasteiger partial charge in [0.2, 0.25) is 10.0 Å². The maximum atomic E-state index is 12.2. The first-order valence-corrected chi connectivity index (χ1v) is 8.83. The Morgan fingerprint density at radius 1 is 1.33 bits per heavy atom. The Labute approximate surface area is 133 Å². The van der Waals surface area contributed by atoms with Crippen LogP contribution in [0.3, 0.4) is 0 Å². The number of sulfonamides is 1. The first-order chi connectivity index (χ1) is 9.70. The quantitative estimate of drug-likeness (QED) is 0.874. The second-order valence-electron chi connectivity index (χ2n) is 5.26. The third-order valence-electron chi connectivity index (χ3n) is 3.79. The third kappa shape index (κ3) is 3.69. The van der Waals surface area contributed by atoms with Crippen molar-refractivity contribution in [2.24, 2.45) is 11.1 Å². The van der Waals surface area contributed by atoms with Crippen LogP contribution in [0.15, 0.2) is 17.0 Å². The van der Waals surface area contributed by atoms with Gasteiger partial charge in [0.25, 0.3) is 5.91 Å². The predicted octanol–water partition coefficient (Wildman–Crippen LogP) is 2.56. The molecule has 0 bridgehead atoms. The van der Waals surface area contributed by atoms with Crippen molar-refractivity contribution in [1.82, 2.24) is 5.32 Å². The van der Waals surface area contributed by atoms with Gasteiger partial charge in [-0.2, -0.15) is 0 Å². The number of hydrogen-bond acceptors (Lipinski definition) is 3. The van der Waals surface area contributed by atoms with E-state index in [9.17, 15) is 13.2 Å². The van der Waals surface area contributed by atoms with Gasteiger partial charge in [-0.1, -0.05) is 29.6 Å². The number of benzene rings is 1. The average molecular weight is 351 g/mol. The molecule has 1 saturated carbocycles. The van der Waals surface area contributed by atoms with Crippen molar-refractivity contribution in [1.29, 1.82) is 0 Å². The van der Waals surface area contributed by atoms with Gasteiger partial charge in [0.15, 0.2) is 0 Å². The van der Waals surface area contributed by atoms with Gasteiger partial charge in [0.05, 0.1) is 15.6 Å². The lowest BCUT2D eigenvalue weighted by molar-refractivity contribution is 0.0909. The normalized spacial score (nSPS) is 17.1. The Balaban J connectivity index is 2.28. The van der Waals surface area contributed by atoms with Crippen LogP contribution in [0, 0.1) is 5.92 Å². The van der Waals surface area contributed by atoms with Crippen LogP contribution in [-0.4, -0.2) is 20.4 Å². The second kappa shape index (κ2) is 6.12. The summed E-state index contributed by atoms with van der Waals surface area (Å²) >= 11 is 11.8. The van der Waals surface area contributed by atoms with E-state index in [1.807, 2.05) is 6.92 Å². The summed E-state index contributed by atoms with van der Waals surface area (Å²) in [5, 5.41) is 7.89. The Hall–Kier alpha value is -0.820. The molecule has 1 atom stereocenters. The minimum Gasteiger partial charge on any atom is -0.349 e. The number of amides is 1. The number of halogens is 2. The highest BCUT2D eigenvalue weighted by Gasteiger charge is 2.26. The third-order valence-corrected chi connectivity index (χ3v) is 5.48. The van der Waals surface area contributed by atoms with E-state index in [2.05, 4.69) is 5.32 Å². The molecule has 1 aromatic rings. The summed E-state index contributed by atoms with van der Waals surface area (Å²) in [6.07, 6.45) is 3.33. The van der Waals surface area contributed by atoms with Crippen LogP contribution < -0.4 is 10.5 Å². The highest BCUT2D eigenvalue weighted by molar-refractivity contribution is 7.89. The molecule has 0 spiro atoms. The van der Waals surface area contributed by atoms with Gasteiger partial charge in [-0.3, -0.25) is 4.79 Å². The fraction of sp³-hybridized carbons (Fsp3) is 0.462. The molecule has 0 saturated heterocycles. The minimum atomic E-state index is -4.02. The zero-order valence-electron chi connectivity index (χ0n) is 11.4. The van der Waals surface area contributed by atoms with Crippen LogP contribution >= 0.6 is 23.2 Å². The van der Waals surface area contributed by atoms with E-state index < -0.39 is 15.9 Å². The topological polar surface area (TPSA) is 89.3 Å². The first kappa shape index (κ1) is 16.5. The molecule has 3 N–H and O–H groups in total. The smallest absolute Gasteiger partial charge is 0.253 e. The monoisotopic (exact) mass is 350 g/mol. The molecule has 1 amide bonds. The van der Waals surface area contributed by atoms with Crippen LogP contribution in [0.2, 0.25) is 10.0 Å². The lowest BCUT2D eigenvalue weighted by Crippen LogP contribution is -2.40. The Bertz CT molecular complexity index is 672. The number of nitrogens with one attached hydrogen (secondary N) is 1. The lowest BCUT2D eigenvalue weighted by atomic mass is 9.80. The van der Waals surface area contributed by atoms with Crippen molar-refractivity contribution >= 4 is 39.1 Å². The summed E-state index contributed by atoms with van der Waals surface area (Å²) in [6.45, 7) is 1.92. The number of carbonyl (C=O) groups is 1. The molecule has 116 valence electrons. The van der Waals surface area contributed by atoms with Crippen molar-refractivity contribution in [3.05, 3.63) is 27.7 Å². The molecule has 1 aliphatic rings. The van der Waals surface area contributed by atoms with Gasteiger partial charge in [-0.25, -0.2) is 13.6 Å². The standard InChI is InChI=1S/C13H16Cl2N2O3S/c1-7(8-3-2-4-8)17-13(18)9-5-12(21(16,19)20)11(15)6-10(9)14/h5-8H,2-4H2,1H3,(H,17,18)(H2,16,19,20). The number of primary sulfonamides is 1. The Kier molecular flexibility index (Phi) is 4.82. The summed E-state index contributed by atoms with van der Waals surface area (Å²) in [6, 6.07) is 2.34. The van der Waals surface area contributed by atoms with Gasteiger partial charge in [0.1, 0.15) is 4.90 Å². The molecule has 1 fully saturated rings. The lowest BCUT2D eigenvalue weighted by Gasteiger charge is -2.32. The molecule has 1 aromatic carbocycles. The zero-order chi connectivity index (χ0) is 15.8. The molecule has 0 aromatic heterocycles. The van der Waals surface area contributed by atoms with E-state index in [4.69, 9.17) is 28.3 Å². The van der Waals surface area contributed by atoms with Crippen molar-refractivity contribution in [2.45, 2.75) is 37.1 Å². The average Bonchev–Trinajstić information content (AvgIpc) is 2.23. The van der Waals surface area contributed by atoms with E-state index in [0.717, 1.165) is 18.9 Å².